The zero-order valence-corrected chi connectivity index (χ0v) is 21.4. The molecule has 1 atom stereocenters. The molecule has 2 aromatic carbocycles. The van der Waals surface area contributed by atoms with Crippen molar-refractivity contribution < 1.29 is 27.7 Å². The molecule has 7 nitrogen and oxygen atoms in total. The molecule has 2 fully saturated rings. The maximum absolute atomic E-state index is 12.9. The number of rotatable bonds is 8. The Morgan fingerprint density at radius 2 is 1.78 bits per heavy atom. The van der Waals surface area contributed by atoms with Crippen LogP contribution in [0.25, 0.3) is 10.9 Å². The van der Waals surface area contributed by atoms with E-state index in [0.717, 1.165) is 47.8 Å². The normalized spacial score (nSPS) is 19.1. The number of aliphatic hydroxyl groups excluding tert-OH is 1. The van der Waals surface area contributed by atoms with Crippen molar-refractivity contribution in [3.8, 4) is 5.75 Å². The fourth-order valence-corrected chi connectivity index (χ4v) is 6.75. The standard InChI is InChI=1S/C28H33NO6S/c1-20-16-22(26-4-2-3-5-27(26)29-20)18-33-24-6-8-25(9-7-24)36(31,32)19-23(30)17-21-10-12-28(13-11-21)34-14-15-35-28/h2-9,16,21,23,30H,10-15,17-19H2,1H3. The van der Waals surface area contributed by atoms with Crippen LogP contribution < -0.4 is 4.74 Å². The SMILES string of the molecule is Cc1cc(COc2ccc(S(=O)(=O)CC(O)CC3CCC4(CC3)OCCO4)cc2)c2ccccc2n1. The number of hydrogen-bond donors (Lipinski definition) is 1. The number of nitrogens with zero attached hydrogens (tertiary/aromatic N) is 1. The number of aryl methyl sites for hydroxylation is 1. The summed E-state index contributed by atoms with van der Waals surface area (Å²) in [6.07, 6.45) is 2.90. The molecular formula is C28H33NO6S. The summed E-state index contributed by atoms with van der Waals surface area (Å²) < 4.78 is 43.3. The summed E-state index contributed by atoms with van der Waals surface area (Å²) in [6.45, 7) is 3.58. The van der Waals surface area contributed by atoms with Crippen LogP contribution in [0.2, 0.25) is 0 Å². The molecule has 0 radical (unpaired) electrons. The minimum atomic E-state index is -3.61. The topological polar surface area (TPSA) is 95.0 Å². The molecule has 1 aromatic heterocycles. The van der Waals surface area contributed by atoms with Gasteiger partial charge < -0.3 is 19.3 Å². The van der Waals surface area contributed by atoms with Crippen LogP contribution in [-0.2, 0) is 25.9 Å². The predicted octanol–water partition coefficient (Wildman–Crippen LogP) is 4.58. The first kappa shape index (κ1) is 25.1. The van der Waals surface area contributed by atoms with Crippen LogP contribution in [0, 0.1) is 12.8 Å². The van der Waals surface area contributed by atoms with Crippen molar-refractivity contribution in [2.45, 2.75) is 62.4 Å². The molecule has 1 N–H and O–H groups in total. The molecule has 1 spiro atoms. The number of aliphatic hydroxyl groups is 1. The molecule has 1 aliphatic carbocycles. The van der Waals surface area contributed by atoms with Gasteiger partial charge in [-0.1, -0.05) is 18.2 Å². The van der Waals surface area contributed by atoms with E-state index in [1.54, 1.807) is 24.3 Å². The molecule has 1 unspecified atom stereocenters. The predicted molar refractivity (Wildman–Crippen MR) is 137 cm³/mol. The fraction of sp³-hybridized carbons (Fsp3) is 0.464. The number of aromatic nitrogens is 1. The molecule has 1 saturated carbocycles. The second kappa shape index (κ2) is 10.5. The van der Waals surface area contributed by atoms with E-state index in [1.807, 2.05) is 37.3 Å². The average Bonchev–Trinajstić information content (AvgIpc) is 3.32. The maximum atomic E-state index is 12.9. The van der Waals surface area contributed by atoms with Gasteiger partial charge in [-0.05, 0) is 68.5 Å². The maximum Gasteiger partial charge on any atom is 0.180 e. The van der Waals surface area contributed by atoms with Crippen LogP contribution >= 0.6 is 0 Å². The van der Waals surface area contributed by atoms with E-state index in [2.05, 4.69) is 4.98 Å². The highest BCUT2D eigenvalue weighted by molar-refractivity contribution is 7.91. The summed E-state index contributed by atoms with van der Waals surface area (Å²) in [7, 11) is -3.61. The van der Waals surface area contributed by atoms with E-state index in [1.165, 1.54) is 0 Å². The van der Waals surface area contributed by atoms with E-state index in [-0.39, 0.29) is 16.6 Å². The highest BCUT2D eigenvalue weighted by Crippen LogP contribution is 2.39. The summed E-state index contributed by atoms with van der Waals surface area (Å²) in [5.74, 6) is 0.128. The van der Waals surface area contributed by atoms with Gasteiger partial charge in [-0.2, -0.15) is 0 Å². The Morgan fingerprint density at radius 3 is 2.50 bits per heavy atom. The number of pyridine rings is 1. The molecule has 2 heterocycles. The van der Waals surface area contributed by atoms with Crippen molar-refractivity contribution >= 4 is 20.7 Å². The van der Waals surface area contributed by atoms with Crippen molar-refractivity contribution in [1.29, 1.82) is 0 Å². The zero-order valence-electron chi connectivity index (χ0n) is 20.6. The summed E-state index contributed by atoms with van der Waals surface area (Å²) >= 11 is 0. The highest BCUT2D eigenvalue weighted by Gasteiger charge is 2.40. The molecule has 0 bridgehead atoms. The summed E-state index contributed by atoms with van der Waals surface area (Å²) in [5.41, 5.74) is 2.86. The van der Waals surface area contributed by atoms with Crippen LogP contribution in [0.15, 0.2) is 59.5 Å². The fourth-order valence-electron chi connectivity index (χ4n) is 5.36. The lowest BCUT2D eigenvalue weighted by Gasteiger charge is -2.35. The number of para-hydroxylation sites is 1. The highest BCUT2D eigenvalue weighted by atomic mass is 32.2. The molecule has 0 amide bonds. The zero-order chi connectivity index (χ0) is 25.2. The minimum Gasteiger partial charge on any atom is -0.489 e. The smallest absolute Gasteiger partial charge is 0.180 e. The van der Waals surface area contributed by atoms with Crippen LogP contribution in [0.4, 0.5) is 0 Å². The van der Waals surface area contributed by atoms with Crippen molar-refractivity contribution in [3.63, 3.8) is 0 Å². The number of fused-ring (bicyclic) bond motifs is 1. The van der Waals surface area contributed by atoms with Crippen molar-refractivity contribution in [2.75, 3.05) is 19.0 Å². The van der Waals surface area contributed by atoms with Gasteiger partial charge in [0.05, 0.1) is 35.5 Å². The van der Waals surface area contributed by atoms with Crippen molar-refractivity contribution in [1.82, 2.24) is 4.98 Å². The van der Waals surface area contributed by atoms with E-state index < -0.39 is 21.7 Å². The largest absolute Gasteiger partial charge is 0.489 e. The first-order valence-corrected chi connectivity index (χ1v) is 14.2. The quantitative estimate of drug-likeness (QED) is 0.473. The molecule has 5 rings (SSSR count). The summed E-state index contributed by atoms with van der Waals surface area (Å²) in [4.78, 5) is 4.74. The molecule has 192 valence electrons. The Bertz CT molecular complexity index is 1290. The summed E-state index contributed by atoms with van der Waals surface area (Å²) in [5, 5.41) is 11.6. The number of sulfone groups is 1. The second-order valence-electron chi connectivity index (χ2n) is 9.92. The van der Waals surface area contributed by atoms with E-state index in [0.29, 0.717) is 32.0 Å². The Morgan fingerprint density at radius 1 is 1.08 bits per heavy atom. The number of hydrogen-bond acceptors (Lipinski definition) is 7. The first-order chi connectivity index (χ1) is 17.3. The third-order valence-corrected chi connectivity index (χ3v) is 9.02. The first-order valence-electron chi connectivity index (χ1n) is 12.6. The molecule has 36 heavy (non-hydrogen) atoms. The average molecular weight is 512 g/mol. The third kappa shape index (κ3) is 5.72. The van der Waals surface area contributed by atoms with Gasteiger partial charge >= 0.3 is 0 Å². The summed E-state index contributed by atoms with van der Waals surface area (Å²) in [6, 6.07) is 16.4. The lowest BCUT2D eigenvalue weighted by Crippen LogP contribution is -2.36. The second-order valence-corrected chi connectivity index (χ2v) is 12.0. The third-order valence-electron chi connectivity index (χ3n) is 7.20. The Hall–Kier alpha value is -2.52. The van der Waals surface area contributed by atoms with Gasteiger partial charge in [0.1, 0.15) is 12.4 Å². The Labute approximate surface area is 212 Å². The van der Waals surface area contributed by atoms with Crippen LogP contribution in [0.5, 0.6) is 5.75 Å². The minimum absolute atomic E-state index is 0.189. The molecule has 3 aromatic rings. The molecule has 1 saturated heterocycles. The lowest BCUT2D eigenvalue weighted by molar-refractivity contribution is -0.183. The molecular weight excluding hydrogens is 478 g/mol. The van der Waals surface area contributed by atoms with Crippen LogP contribution in [0.3, 0.4) is 0 Å². The van der Waals surface area contributed by atoms with E-state index >= 15 is 0 Å². The molecule has 1 aliphatic heterocycles. The number of ether oxygens (including phenoxy) is 3. The van der Waals surface area contributed by atoms with Crippen LogP contribution in [-0.4, -0.2) is 49.4 Å². The van der Waals surface area contributed by atoms with Gasteiger partial charge in [0.25, 0.3) is 0 Å². The number of benzene rings is 2. The molecule has 2 aliphatic rings. The van der Waals surface area contributed by atoms with Crippen molar-refractivity contribution in [2.24, 2.45) is 5.92 Å². The molecule has 8 heteroatoms. The Kier molecular flexibility index (Phi) is 7.30. The van der Waals surface area contributed by atoms with Crippen LogP contribution in [0.1, 0.15) is 43.4 Å². The van der Waals surface area contributed by atoms with Gasteiger partial charge in [-0.25, -0.2) is 8.42 Å². The van der Waals surface area contributed by atoms with Gasteiger partial charge in [0.2, 0.25) is 0 Å². The van der Waals surface area contributed by atoms with Crippen molar-refractivity contribution in [3.05, 3.63) is 65.9 Å². The van der Waals surface area contributed by atoms with Gasteiger partial charge in [0, 0.05) is 29.5 Å². The van der Waals surface area contributed by atoms with E-state index in [4.69, 9.17) is 14.2 Å². The van der Waals surface area contributed by atoms with Gasteiger partial charge in [-0.15, -0.1) is 0 Å². The van der Waals surface area contributed by atoms with E-state index in [9.17, 15) is 13.5 Å². The monoisotopic (exact) mass is 511 g/mol. The van der Waals surface area contributed by atoms with Gasteiger partial charge in [0.15, 0.2) is 15.6 Å². The lowest BCUT2D eigenvalue weighted by atomic mass is 9.82. The Balaban J connectivity index is 1.16. The van der Waals surface area contributed by atoms with Gasteiger partial charge in [-0.3, -0.25) is 4.98 Å².